The van der Waals surface area contributed by atoms with E-state index in [2.05, 4.69) is 10.6 Å². The molecule has 0 atom stereocenters. The number of nitro groups is 1. The molecule has 19 heavy (non-hydrogen) atoms. The van der Waals surface area contributed by atoms with Gasteiger partial charge in [0.25, 0.3) is 5.69 Å². The highest BCUT2D eigenvalue weighted by atomic mass is 16.6. The van der Waals surface area contributed by atoms with Crippen LogP contribution in [0.25, 0.3) is 0 Å². The number of nitrogens with one attached hydrogen (secondary N) is 2. The van der Waals surface area contributed by atoms with E-state index < -0.39 is 4.92 Å². The second-order valence-electron chi connectivity index (χ2n) is 3.84. The van der Waals surface area contributed by atoms with E-state index in [4.69, 9.17) is 4.74 Å². The number of ether oxygens (including phenoxy) is 1. The fourth-order valence-corrected chi connectivity index (χ4v) is 1.45. The third-order valence-electron chi connectivity index (χ3n) is 2.41. The van der Waals surface area contributed by atoms with Crippen molar-refractivity contribution in [3.05, 3.63) is 28.3 Å². The van der Waals surface area contributed by atoms with Crippen LogP contribution in [0, 0.1) is 10.1 Å². The van der Waals surface area contributed by atoms with Crippen molar-refractivity contribution in [2.45, 2.75) is 13.3 Å². The van der Waals surface area contributed by atoms with Crippen LogP contribution in [0.15, 0.2) is 18.2 Å². The Morgan fingerprint density at radius 3 is 2.79 bits per heavy atom. The summed E-state index contributed by atoms with van der Waals surface area (Å²) in [5.74, 6) is 0.279. The van der Waals surface area contributed by atoms with Gasteiger partial charge in [0.2, 0.25) is 5.91 Å². The number of carbonyl (C=O) groups is 1. The van der Waals surface area contributed by atoms with Crippen LogP contribution < -0.4 is 15.4 Å². The van der Waals surface area contributed by atoms with Crippen LogP contribution >= 0.6 is 0 Å². The van der Waals surface area contributed by atoms with Crippen molar-refractivity contribution in [1.82, 2.24) is 5.32 Å². The molecular weight excluding hydrogens is 250 g/mol. The normalized spacial score (nSPS) is 9.79. The molecule has 1 rings (SSSR count). The van der Waals surface area contributed by atoms with Crippen LogP contribution in [-0.4, -0.2) is 31.0 Å². The Labute approximate surface area is 111 Å². The number of carbonyl (C=O) groups excluding carboxylic acids is 1. The van der Waals surface area contributed by atoms with E-state index in [1.807, 2.05) is 6.92 Å². The Balaban J connectivity index is 2.74. The van der Waals surface area contributed by atoms with Crippen LogP contribution in [0.3, 0.4) is 0 Å². The largest absolute Gasteiger partial charge is 0.497 e. The van der Waals surface area contributed by atoms with Gasteiger partial charge < -0.3 is 15.4 Å². The first-order chi connectivity index (χ1) is 9.08. The maximum Gasteiger partial charge on any atom is 0.292 e. The van der Waals surface area contributed by atoms with E-state index in [9.17, 15) is 14.9 Å². The maximum absolute atomic E-state index is 11.4. The van der Waals surface area contributed by atoms with Gasteiger partial charge in [-0.2, -0.15) is 0 Å². The highest BCUT2D eigenvalue weighted by Crippen LogP contribution is 2.28. The molecule has 0 aliphatic rings. The Morgan fingerprint density at radius 2 is 2.21 bits per heavy atom. The molecule has 0 spiro atoms. The summed E-state index contributed by atoms with van der Waals surface area (Å²) in [4.78, 5) is 21.8. The molecular formula is C12H17N3O4. The zero-order chi connectivity index (χ0) is 14.3. The van der Waals surface area contributed by atoms with Gasteiger partial charge in [-0.15, -0.1) is 0 Å². The predicted molar refractivity (Wildman–Crippen MR) is 71.4 cm³/mol. The van der Waals surface area contributed by atoms with Crippen LogP contribution in [0.2, 0.25) is 0 Å². The molecule has 1 amide bonds. The zero-order valence-corrected chi connectivity index (χ0v) is 10.9. The van der Waals surface area contributed by atoms with E-state index in [0.717, 1.165) is 6.42 Å². The Bertz CT molecular complexity index is 462. The van der Waals surface area contributed by atoms with Gasteiger partial charge in [-0.3, -0.25) is 14.9 Å². The summed E-state index contributed by atoms with van der Waals surface area (Å²) >= 11 is 0. The second-order valence-corrected chi connectivity index (χ2v) is 3.84. The average Bonchev–Trinajstić information content (AvgIpc) is 2.42. The van der Waals surface area contributed by atoms with Crippen molar-refractivity contribution in [1.29, 1.82) is 0 Å². The van der Waals surface area contributed by atoms with Gasteiger partial charge in [0.15, 0.2) is 0 Å². The summed E-state index contributed by atoms with van der Waals surface area (Å²) in [7, 11) is 1.47. The minimum atomic E-state index is -0.508. The van der Waals surface area contributed by atoms with Gasteiger partial charge in [0.1, 0.15) is 11.4 Å². The molecule has 0 aliphatic heterocycles. The third-order valence-corrected chi connectivity index (χ3v) is 2.41. The molecule has 0 heterocycles. The molecule has 0 aliphatic carbocycles. The summed E-state index contributed by atoms with van der Waals surface area (Å²) in [6, 6.07) is 4.33. The standard InChI is InChI=1S/C12H17N3O4/c1-3-6-13-12(16)8-14-10-7-9(19-2)4-5-11(10)15(17)18/h4-5,7,14H,3,6,8H2,1-2H3,(H,13,16). The van der Waals surface area contributed by atoms with Crippen molar-refractivity contribution in [3.8, 4) is 5.75 Å². The zero-order valence-electron chi connectivity index (χ0n) is 10.9. The number of rotatable bonds is 7. The summed E-state index contributed by atoms with van der Waals surface area (Å²) in [5.41, 5.74) is 0.167. The highest BCUT2D eigenvalue weighted by molar-refractivity contribution is 5.81. The fourth-order valence-electron chi connectivity index (χ4n) is 1.45. The van der Waals surface area contributed by atoms with Gasteiger partial charge in [0, 0.05) is 18.7 Å². The van der Waals surface area contributed by atoms with Crippen molar-refractivity contribution < 1.29 is 14.5 Å². The Hall–Kier alpha value is -2.31. The second kappa shape index (κ2) is 7.20. The van der Waals surface area contributed by atoms with Crippen LogP contribution in [-0.2, 0) is 4.79 Å². The van der Waals surface area contributed by atoms with Crippen molar-refractivity contribution >= 4 is 17.3 Å². The molecule has 0 fully saturated rings. The Morgan fingerprint density at radius 1 is 1.47 bits per heavy atom. The van der Waals surface area contributed by atoms with E-state index in [1.54, 1.807) is 0 Å². The predicted octanol–water partition coefficient (Wildman–Crippen LogP) is 1.54. The molecule has 1 aromatic carbocycles. The molecule has 0 unspecified atom stereocenters. The minimum absolute atomic E-state index is 0.0198. The molecule has 0 saturated carbocycles. The van der Waals surface area contributed by atoms with Gasteiger partial charge >= 0.3 is 0 Å². The van der Waals surface area contributed by atoms with Gasteiger partial charge in [-0.05, 0) is 12.5 Å². The molecule has 104 valence electrons. The lowest BCUT2D eigenvalue weighted by atomic mass is 10.2. The molecule has 0 aromatic heterocycles. The average molecular weight is 267 g/mol. The SMILES string of the molecule is CCCNC(=O)CNc1cc(OC)ccc1[N+](=O)[O-]. The quantitative estimate of drug-likeness (QED) is 0.577. The molecule has 7 heteroatoms. The number of methoxy groups -OCH3 is 1. The highest BCUT2D eigenvalue weighted by Gasteiger charge is 2.15. The molecule has 1 aromatic rings. The summed E-state index contributed by atoms with van der Waals surface area (Å²) in [6.45, 7) is 2.51. The number of benzene rings is 1. The molecule has 0 saturated heterocycles. The van der Waals surface area contributed by atoms with Gasteiger partial charge in [-0.1, -0.05) is 6.92 Å². The number of amides is 1. The fraction of sp³-hybridized carbons (Fsp3) is 0.417. The first kappa shape index (κ1) is 14.7. The van der Waals surface area contributed by atoms with E-state index in [-0.39, 0.29) is 23.8 Å². The minimum Gasteiger partial charge on any atom is -0.497 e. The van der Waals surface area contributed by atoms with Crippen molar-refractivity contribution in [2.24, 2.45) is 0 Å². The molecule has 2 N–H and O–H groups in total. The van der Waals surface area contributed by atoms with Crippen LogP contribution in [0.4, 0.5) is 11.4 Å². The Kier molecular flexibility index (Phi) is 5.59. The van der Waals surface area contributed by atoms with Crippen LogP contribution in [0.1, 0.15) is 13.3 Å². The van der Waals surface area contributed by atoms with Crippen molar-refractivity contribution in [3.63, 3.8) is 0 Å². The molecule has 0 radical (unpaired) electrons. The lowest BCUT2D eigenvalue weighted by Gasteiger charge is -2.09. The number of anilines is 1. The monoisotopic (exact) mass is 267 g/mol. The first-order valence-electron chi connectivity index (χ1n) is 5.91. The lowest BCUT2D eigenvalue weighted by molar-refractivity contribution is -0.384. The summed E-state index contributed by atoms with van der Waals surface area (Å²) < 4.78 is 5.00. The van der Waals surface area contributed by atoms with E-state index in [0.29, 0.717) is 12.3 Å². The molecule has 0 bridgehead atoms. The maximum atomic E-state index is 11.4. The number of hydrogen-bond donors (Lipinski definition) is 2. The van der Waals surface area contributed by atoms with Gasteiger partial charge in [-0.25, -0.2) is 0 Å². The van der Waals surface area contributed by atoms with Gasteiger partial charge in [0.05, 0.1) is 18.6 Å². The van der Waals surface area contributed by atoms with Crippen molar-refractivity contribution in [2.75, 3.05) is 25.5 Å². The smallest absolute Gasteiger partial charge is 0.292 e. The number of hydrogen-bond acceptors (Lipinski definition) is 5. The van der Waals surface area contributed by atoms with E-state index >= 15 is 0 Å². The first-order valence-corrected chi connectivity index (χ1v) is 5.91. The van der Waals surface area contributed by atoms with E-state index in [1.165, 1.54) is 25.3 Å². The number of nitrogens with zero attached hydrogens (tertiary/aromatic N) is 1. The summed E-state index contributed by atoms with van der Waals surface area (Å²) in [6.07, 6.45) is 0.838. The topological polar surface area (TPSA) is 93.5 Å². The molecule has 7 nitrogen and oxygen atoms in total. The summed E-state index contributed by atoms with van der Waals surface area (Å²) in [5, 5.41) is 16.3. The van der Waals surface area contributed by atoms with Crippen LogP contribution in [0.5, 0.6) is 5.75 Å². The lowest BCUT2D eigenvalue weighted by Crippen LogP contribution is -2.30. The third kappa shape index (κ3) is 4.46. The number of nitro benzene ring substituents is 1.